The van der Waals surface area contributed by atoms with E-state index in [-0.39, 0.29) is 5.63 Å². The molecule has 25 heavy (non-hydrogen) atoms. The van der Waals surface area contributed by atoms with Crippen molar-refractivity contribution in [1.82, 2.24) is 5.32 Å². The first-order valence-corrected chi connectivity index (χ1v) is 8.54. The zero-order valence-electron chi connectivity index (χ0n) is 14.3. The highest BCUT2D eigenvalue weighted by molar-refractivity contribution is 6.30. The largest absolute Gasteiger partial charge is 0.492 e. The molecule has 0 aliphatic heterocycles. The van der Waals surface area contributed by atoms with Crippen molar-refractivity contribution in [3.63, 3.8) is 0 Å². The Kier molecular flexibility index (Phi) is 5.41. The van der Waals surface area contributed by atoms with E-state index in [1.165, 1.54) is 0 Å². The minimum absolute atomic E-state index is 0.324. The van der Waals surface area contributed by atoms with Crippen molar-refractivity contribution in [2.24, 2.45) is 0 Å². The summed E-state index contributed by atoms with van der Waals surface area (Å²) < 4.78 is 11.0. The molecular formula is C20H20ClNO3. The third-order valence-corrected chi connectivity index (χ3v) is 4.45. The van der Waals surface area contributed by atoms with Crippen LogP contribution in [0.15, 0.2) is 51.7 Å². The first-order chi connectivity index (χ1) is 12.0. The van der Waals surface area contributed by atoms with Gasteiger partial charge in [0.1, 0.15) is 17.9 Å². The van der Waals surface area contributed by atoms with Crippen LogP contribution in [0.3, 0.4) is 0 Å². The predicted molar refractivity (Wildman–Crippen MR) is 101 cm³/mol. The molecular weight excluding hydrogens is 338 g/mol. The summed E-state index contributed by atoms with van der Waals surface area (Å²) in [5, 5.41) is 4.96. The molecule has 3 rings (SSSR count). The average Bonchev–Trinajstić information content (AvgIpc) is 2.60. The molecule has 0 fully saturated rings. The van der Waals surface area contributed by atoms with Gasteiger partial charge in [0.2, 0.25) is 0 Å². The maximum Gasteiger partial charge on any atom is 0.336 e. The molecule has 0 bridgehead atoms. The van der Waals surface area contributed by atoms with E-state index >= 15 is 0 Å². The predicted octanol–water partition coefficient (Wildman–Crippen LogP) is 4.23. The summed E-state index contributed by atoms with van der Waals surface area (Å²) in [6.45, 7) is 5.74. The Morgan fingerprint density at radius 3 is 2.64 bits per heavy atom. The van der Waals surface area contributed by atoms with Gasteiger partial charge in [0.05, 0.1) is 0 Å². The van der Waals surface area contributed by atoms with E-state index in [0.717, 1.165) is 27.8 Å². The molecule has 0 unspecified atom stereocenters. The molecule has 5 heteroatoms. The third kappa shape index (κ3) is 4.21. The summed E-state index contributed by atoms with van der Waals surface area (Å²) >= 11 is 5.84. The van der Waals surface area contributed by atoms with E-state index in [2.05, 4.69) is 5.32 Å². The lowest BCUT2D eigenvalue weighted by Gasteiger charge is -2.10. The molecule has 1 aromatic heterocycles. The van der Waals surface area contributed by atoms with Gasteiger partial charge in [0.25, 0.3) is 0 Å². The molecule has 0 saturated carbocycles. The molecule has 0 radical (unpaired) electrons. The standard InChI is InChI=1S/C20H20ClNO3/c1-13-3-8-18-15(11-19(23)25-20(18)14(13)2)12-22-9-10-24-17-6-4-16(21)5-7-17/h3-8,11,22H,9-10,12H2,1-2H3. The normalized spacial score (nSPS) is 11.0. The molecule has 0 atom stereocenters. The minimum Gasteiger partial charge on any atom is -0.492 e. The number of hydrogen-bond donors (Lipinski definition) is 1. The molecule has 0 aliphatic carbocycles. The molecule has 1 N–H and O–H groups in total. The van der Waals surface area contributed by atoms with E-state index in [1.807, 2.05) is 38.1 Å². The van der Waals surface area contributed by atoms with Crippen LogP contribution in [0.25, 0.3) is 11.0 Å². The van der Waals surface area contributed by atoms with Gasteiger partial charge in [-0.15, -0.1) is 0 Å². The Bertz CT molecular complexity index is 932. The highest BCUT2D eigenvalue weighted by Gasteiger charge is 2.09. The maximum absolute atomic E-state index is 11.8. The monoisotopic (exact) mass is 357 g/mol. The number of hydrogen-bond acceptors (Lipinski definition) is 4. The van der Waals surface area contributed by atoms with Crippen molar-refractivity contribution in [2.45, 2.75) is 20.4 Å². The van der Waals surface area contributed by atoms with Gasteiger partial charge in [0.15, 0.2) is 0 Å². The van der Waals surface area contributed by atoms with Crippen LogP contribution >= 0.6 is 11.6 Å². The number of benzene rings is 2. The smallest absolute Gasteiger partial charge is 0.336 e. The molecule has 0 saturated heterocycles. The lowest BCUT2D eigenvalue weighted by molar-refractivity contribution is 0.313. The van der Waals surface area contributed by atoms with Gasteiger partial charge in [-0.1, -0.05) is 23.7 Å². The quantitative estimate of drug-likeness (QED) is 0.529. The van der Waals surface area contributed by atoms with Gasteiger partial charge >= 0.3 is 5.63 Å². The summed E-state index contributed by atoms with van der Waals surface area (Å²) in [5.74, 6) is 0.781. The van der Waals surface area contributed by atoms with Crippen LogP contribution in [0.2, 0.25) is 5.02 Å². The number of fused-ring (bicyclic) bond motifs is 1. The van der Waals surface area contributed by atoms with Crippen molar-refractivity contribution in [2.75, 3.05) is 13.2 Å². The van der Waals surface area contributed by atoms with E-state index in [9.17, 15) is 4.79 Å². The molecule has 1 heterocycles. The summed E-state index contributed by atoms with van der Waals surface area (Å²) in [6, 6.07) is 12.9. The van der Waals surface area contributed by atoms with Crippen LogP contribution in [0.1, 0.15) is 16.7 Å². The van der Waals surface area contributed by atoms with Crippen molar-refractivity contribution >= 4 is 22.6 Å². The minimum atomic E-state index is -0.324. The zero-order valence-corrected chi connectivity index (χ0v) is 15.0. The van der Waals surface area contributed by atoms with Crippen molar-refractivity contribution < 1.29 is 9.15 Å². The molecule has 130 valence electrons. The first kappa shape index (κ1) is 17.5. The molecule has 0 amide bonds. The van der Waals surface area contributed by atoms with Crippen LogP contribution in [-0.2, 0) is 6.54 Å². The Morgan fingerprint density at radius 1 is 1.12 bits per heavy atom. The third-order valence-electron chi connectivity index (χ3n) is 4.19. The van der Waals surface area contributed by atoms with Crippen molar-refractivity contribution in [3.05, 3.63) is 74.6 Å². The van der Waals surface area contributed by atoms with Crippen LogP contribution in [-0.4, -0.2) is 13.2 Å². The molecule has 2 aromatic carbocycles. The van der Waals surface area contributed by atoms with Gasteiger partial charge in [-0.25, -0.2) is 4.79 Å². The second kappa shape index (κ2) is 7.72. The fraction of sp³-hybridized carbons (Fsp3) is 0.250. The highest BCUT2D eigenvalue weighted by atomic mass is 35.5. The van der Waals surface area contributed by atoms with Gasteiger partial charge in [0, 0.05) is 29.6 Å². The van der Waals surface area contributed by atoms with Gasteiger partial charge in [-0.05, 0) is 54.8 Å². The van der Waals surface area contributed by atoms with E-state index in [1.54, 1.807) is 18.2 Å². The summed E-state index contributed by atoms with van der Waals surface area (Å²) in [5.41, 5.74) is 3.39. The van der Waals surface area contributed by atoms with E-state index < -0.39 is 0 Å². The SMILES string of the molecule is Cc1ccc2c(CNCCOc3ccc(Cl)cc3)cc(=O)oc2c1C. The van der Waals surface area contributed by atoms with Gasteiger partial charge < -0.3 is 14.5 Å². The second-order valence-electron chi connectivity index (χ2n) is 5.95. The Hall–Kier alpha value is -2.30. The maximum atomic E-state index is 11.8. The molecule has 3 aromatic rings. The molecule has 0 aliphatic rings. The van der Waals surface area contributed by atoms with Gasteiger partial charge in [-0.2, -0.15) is 0 Å². The highest BCUT2D eigenvalue weighted by Crippen LogP contribution is 2.23. The van der Waals surface area contributed by atoms with E-state index in [4.69, 9.17) is 20.8 Å². The average molecular weight is 358 g/mol. The van der Waals surface area contributed by atoms with Gasteiger partial charge in [-0.3, -0.25) is 0 Å². The van der Waals surface area contributed by atoms with Crippen LogP contribution in [0.5, 0.6) is 5.75 Å². The summed E-state index contributed by atoms with van der Waals surface area (Å²) in [6.07, 6.45) is 0. The number of rotatable bonds is 6. The number of ether oxygens (including phenoxy) is 1. The Labute approximate surface area is 151 Å². The second-order valence-corrected chi connectivity index (χ2v) is 6.39. The summed E-state index contributed by atoms with van der Waals surface area (Å²) in [7, 11) is 0. The molecule has 0 spiro atoms. The number of halogens is 1. The van der Waals surface area contributed by atoms with Crippen LogP contribution < -0.4 is 15.7 Å². The Balaban J connectivity index is 1.62. The summed E-state index contributed by atoms with van der Waals surface area (Å²) in [4.78, 5) is 11.8. The number of aryl methyl sites for hydroxylation is 2. The topological polar surface area (TPSA) is 51.5 Å². The zero-order chi connectivity index (χ0) is 17.8. The lowest BCUT2D eigenvalue weighted by Crippen LogP contribution is -2.21. The van der Waals surface area contributed by atoms with Crippen LogP contribution in [0.4, 0.5) is 0 Å². The Morgan fingerprint density at radius 2 is 1.88 bits per heavy atom. The van der Waals surface area contributed by atoms with Crippen molar-refractivity contribution in [3.8, 4) is 5.75 Å². The lowest BCUT2D eigenvalue weighted by atomic mass is 10.0. The van der Waals surface area contributed by atoms with Crippen LogP contribution in [0, 0.1) is 13.8 Å². The molecule has 4 nitrogen and oxygen atoms in total. The number of nitrogens with one attached hydrogen (secondary N) is 1. The van der Waals surface area contributed by atoms with E-state index in [0.29, 0.717) is 30.3 Å². The van der Waals surface area contributed by atoms with Crippen molar-refractivity contribution in [1.29, 1.82) is 0 Å². The first-order valence-electron chi connectivity index (χ1n) is 8.16. The fourth-order valence-corrected chi connectivity index (χ4v) is 2.79. The fourth-order valence-electron chi connectivity index (χ4n) is 2.67.